The standard InChI is InChI=1S/C41H32O6S2/c42-48(43,44)39-25-24-38(34-20-2-1-3-21-35(34)39)47-49(45,46)41-37(33-22-10-15-27-12-4-7-17-30(27)33)26-29-14-6-9-19-32(29)40(41)36-23-11-16-28-13-5-8-18-31(28)36/h4-19,22-26H,1-3,20-21H2,(H,42,43,44)/p-1. The van der Waals surface area contributed by atoms with Crippen LogP contribution < -0.4 is 4.18 Å². The lowest BCUT2D eigenvalue weighted by Crippen LogP contribution is -2.16. The molecule has 0 fully saturated rings. The molecule has 0 radical (unpaired) electrons. The summed E-state index contributed by atoms with van der Waals surface area (Å²) in [6.45, 7) is 0. The molecule has 0 unspecified atom stereocenters. The Morgan fingerprint density at radius 1 is 0.510 bits per heavy atom. The van der Waals surface area contributed by atoms with E-state index in [2.05, 4.69) is 0 Å². The van der Waals surface area contributed by atoms with Crippen molar-refractivity contribution in [2.45, 2.75) is 41.9 Å². The second-order valence-electron chi connectivity index (χ2n) is 12.5. The van der Waals surface area contributed by atoms with E-state index in [9.17, 15) is 13.0 Å². The van der Waals surface area contributed by atoms with Crippen LogP contribution in [0.5, 0.6) is 5.75 Å². The number of fused-ring (bicyclic) bond motifs is 4. The molecule has 0 atom stereocenters. The van der Waals surface area contributed by atoms with Gasteiger partial charge in [0.1, 0.15) is 20.8 Å². The Morgan fingerprint density at radius 3 is 1.73 bits per heavy atom. The maximum Gasteiger partial charge on any atom is 0.340 e. The molecule has 0 heterocycles. The summed E-state index contributed by atoms with van der Waals surface area (Å²) in [7, 11) is -9.40. The molecule has 1 aliphatic carbocycles. The third kappa shape index (κ3) is 5.56. The third-order valence-electron chi connectivity index (χ3n) is 9.56. The summed E-state index contributed by atoms with van der Waals surface area (Å²) >= 11 is 0. The largest absolute Gasteiger partial charge is 0.744 e. The first-order valence-electron chi connectivity index (χ1n) is 16.3. The quantitative estimate of drug-likeness (QED) is 0.0984. The Bertz CT molecular complexity index is 2650. The Balaban J connectivity index is 1.47. The van der Waals surface area contributed by atoms with E-state index in [0.29, 0.717) is 47.9 Å². The Kier molecular flexibility index (Phi) is 7.75. The summed E-state index contributed by atoms with van der Waals surface area (Å²) in [6.07, 6.45) is 2.97. The lowest BCUT2D eigenvalue weighted by molar-refractivity contribution is 0.461. The molecule has 0 saturated carbocycles. The van der Waals surface area contributed by atoms with Crippen molar-refractivity contribution in [1.29, 1.82) is 0 Å². The van der Waals surface area contributed by atoms with E-state index in [1.807, 2.05) is 115 Å². The lowest BCUT2D eigenvalue weighted by Gasteiger charge is -2.22. The van der Waals surface area contributed by atoms with Crippen molar-refractivity contribution in [1.82, 2.24) is 0 Å². The van der Waals surface area contributed by atoms with Crippen LogP contribution in [0.25, 0.3) is 54.6 Å². The Hall–Kier alpha value is -5.02. The van der Waals surface area contributed by atoms with Gasteiger partial charge >= 0.3 is 10.1 Å². The van der Waals surface area contributed by atoms with Gasteiger partial charge in [0, 0.05) is 16.7 Å². The first kappa shape index (κ1) is 31.3. The minimum Gasteiger partial charge on any atom is -0.744 e. The Labute approximate surface area is 285 Å². The average Bonchev–Trinajstić information content (AvgIpc) is 3.36. The molecule has 0 aliphatic heterocycles. The lowest BCUT2D eigenvalue weighted by atomic mass is 9.89. The maximum atomic E-state index is 15.2. The van der Waals surface area contributed by atoms with Gasteiger partial charge in [-0.15, -0.1) is 0 Å². The van der Waals surface area contributed by atoms with Crippen molar-refractivity contribution < 1.29 is 25.6 Å². The van der Waals surface area contributed by atoms with Crippen LogP contribution in [0.15, 0.2) is 137 Å². The molecule has 7 aromatic carbocycles. The van der Waals surface area contributed by atoms with Crippen LogP contribution in [0.1, 0.15) is 30.4 Å². The summed E-state index contributed by atoms with van der Waals surface area (Å²) in [5.41, 5.74) is 3.29. The zero-order valence-electron chi connectivity index (χ0n) is 26.4. The molecule has 1 aliphatic rings. The molecular weight excluding hydrogens is 653 g/mol. The molecule has 8 heteroatoms. The minimum absolute atomic E-state index is 0.0156. The third-order valence-corrected chi connectivity index (χ3v) is 11.8. The topological polar surface area (TPSA) is 101 Å². The van der Waals surface area contributed by atoms with Gasteiger partial charge in [0.15, 0.2) is 0 Å². The molecule has 244 valence electrons. The molecule has 7 aromatic rings. The van der Waals surface area contributed by atoms with Gasteiger partial charge in [0.2, 0.25) is 0 Å². The van der Waals surface area contributed by atoms with Gasteiger partial charge in [-0.25, -0.2) is 8.42 Å². The van der Waals surface area contributed by atoms with Gasteiger partial charge in [0.05, 0.1) is 4.90 Å². The van der Waals surface area contributed by atoms with Gasteiger partial charge in [-0.3, -0.25) is 0 Å². The van der Waals surface area contributed by atoms with E-state index in [4.69, 9.17) is 4.18 Å². The minimum atomic E-state index is -4.78. The summed E-state index contributed by atoms with van der Waals surface area (Å²) in [5.74, 6) is 0.0465. The normalized spacial score (nSPS) is 13.7. The zero-order valence-corrected chi connectivity index (χ0v) is 28.1. The molecule has 0 amide bonds. The van der Waals surface area contributed by atoms with E-state index in [1.165, 1.54) is 12.1 Å². The van der Waals surface area contributed by atoms with E-state index in [1.54, 1.807) is 0 Å². The fourth-order valence-corrected chi connectivity index (χ4v) is 9.56. The maximum absolute atomic E-state index is 15.2. The van der Waals surface area contributed by atoms with Crippen LogP contribution >= 0.6 is 0 Å². The highest BCUT2D eigenvalue weighted by Crippen LogP contribution is 2.46. The van der Waals surface area contributed by atoms with Crippen molar-refractivity contribution >= 4 is 52.6 Å². The van der Waals surface area contributed by atoms with Crippen LogP contribution in [-0.4, -0.2) is 21.4 Å². The second-order valence-corrected chi connectivity index (χ2v) is 15.3. The first-order chi connectivity index (χ1) is 23.7. The highest BCUT2D eigenvalue weighted by atomic mass is 32.2. The molecule has 0 spiro atoms. The molecule has 0 N–H and O–H groups in total. The number of rotatable bonds is 6. The van der Waals surface area contributed by atoms with Crippen molar-refractivity contribution in [3.8, 4) is 28.0 Å². The van der Waals surface area contributed by atoms with Gasteiger partial charge in [0.25, 0.3) is 0 Å². The van der Waals surface area contributed by atoms with Crippen LogP contribution in [-0.2, 0) is 33.1 Å². The fraction of sp³-hybridized carbons (Fsp3) is 0.122. The first-order valence-corrected chi connectivity index (χ1v) is 19.1. The molecule has 0 saturated heterocycles. The number of benzene rings is 7. The Morgan fingerprint density at radius 2 is 1.06 bits per heavy atom. The fourth-order valence-electron chi connectivity index (χ4n) is 7.41. The average molecular weight is 684 g/mol. The van der Waals surface area contributed by atoms with Crippen molar-refractivity contribution in [2.24, 2.45) is 0 Å². The number of hydrogen-bond acceptors (Lipinski definition) is 6. The van der Waals surface area contributed by atoms with Gasteiger partial charge < -0.3 is 8.74 Å². The molecule has 49 heavy (non-hydrogen) atoms. The van der Waals surface area contributed by atoms with E-state index in [-0.39, 0.29) is 15.5 Å². The number of hydrogen-bond donors (Lipinski definition) is 0. The van der Waals surface area contributed by atoms with Crippen molar-refractivity contribution in [3.63, 3.8) is 0 Å². The van der Waals surface area contributed by atoms with Gasteiger partial charge in [-0.05, 0) is 92.9 Å². The van der Waals surface area contributed by atoms with Crippen LogP contribution in [0.2, 0.25) is 0 Å². The van der Waals surface area contributed by atoms with Crippen LogP contribution in [0, 0.1) is 0 Å². The smallest absolute Gasteiger partial charge is 0.340 e. The van der Waals surface area contributed by atoms with Gasteiger partial charge in [-0.2, -0.15) is 8.42 Å². The van der Waals surface area contributed by atoms with E-state index < -0.39 is 20.2 Å². The van der Waals surface area contributed by atoms with Crippen molar-refractivity contribution in [2.75, 3.05) is 0 Å². The summed E-state index contributed by atoms with van der Waals surface area (Å²) in [5, 5.41) is 5.32. The van der Waals surface area contributed by atoms with Crippen LogP contribution in [0.4, 0.5) is 0 Å². The molecule has 6 nitrogen and oxygen atoms in total. The summed E-state index contributed by atoms with van der Waals surface area (Å²) < 4.78 is 73.3. The van der Waals surface area contributed by atoms with E-state index >= 15 is 8.42 Å². The summed E-state index contributed by atoms with van der Waals surface area (Å²) in [4.78, 5) is -0.297. The second kappa shape index (κ2) is 12.1. The van der Waals surface area contributed by atoms with Crippen LogP contribution in [0.3, 0.4) is 0 Å². The highest BCUT2D eigenvalue weighted by Gasteiger charge is 2.32. The highest BCUT2D eigenvalue weighted by molar-refractivity contribution is 7.87. The monoisotopic (exact) mass is 683 g/mol. The van der Waals surface area contributed by atoms with Crippen molar-refractivity contribution in [3.05, 3.63) is 139 Å². The molecule has 0 bridgehead atoms. The molecular formula is C41H31O6S2-. The predicted octanol–water partition coefficient (Wildman–Crippen LogP) is 9.42. The molecule has 0 aromatic heterocycles. The van der Waals surface area contributed by atoms with Gasteiger partial charge in [-0.1, -0.05) is 116 Å². The zero-order chi connectivity index (χ0) is 33.8. The van der Waals surface area contributed by atoms with E-state index in [0.717, 1.165) is 49.9 Å². The predicted molar refractivity (Wildman–Crippen MR) is 193 cm³/mol. The summed E-state index contributed by atoms with van der Waals surface area (Å²) in [6, 6.07) is 39.6. The SMILES string of the molecule is O=S(=O)([O-])c1ccc(OS(=O)(=O)c2c(-c3cccc4ccccc34)cc3ccccc3c2-c2cccc3ccccc23)c2c1CCCCC2. The molecule has 8 rings (SSSR count).